The zero-order valence-corrected chi connectivity index (χ0v) is 17.2. The van der Waals surface area contributed by atoms with Crippen molar-refractivity contribution < 1.29 is 13.2 Å². The number of rotatable bonds is 8. The second-order valence-corrected chi connectivity index (χ2v) is 7.21. The van der Waals surface area contributed by atoms with E-state index in [0.29, 0.717) is 5.39 Å². The van der Waals surface area contributed by atoms with Gasteiger partial charge in [0.1, 0.15) is 0 Å². The molecule has 3 aromatic rings. The lowest BCUT2D eigenvalue weighted by molar-refractivity contribution is -0.136. The number of nitrogens with zero attached hydrogens (tertiary/aromatic N) is 1. The van der Waals surface area contributed by atoms with E-state index in [-0.39, 0.29) is 35.9 Å². The Morgan fingerprint density at radius 1 is 1.00 bits per heavy atom. The summed E-state index contributed by atoms with van der Waals surface area (Å²) in [5, 5.41) is 3.97. The molecule has 1 N–H and O–H groups in total. The van der Waals surface area contributed by atoms with Gasteiger partial charge >= 0.3 is 6.18 Å². The van der Waals surface area contributed by atoms with E-state index in [0.717, 1.165) is 25.7 Å². The van der Waals surface area contributed by atoms with Gasteiger partial charge in [0.2, 0.25) is 0 Å². The Bertz CT molecular complexity index is 898. The summed E-state index contributed by atoms with van der Waals surface area (Å²) >= 11 is 0. The zero-order valence-electron chi connectivity index (χ0n) is 16.4. The number of fused-ring (bicyclic) bond motifs is 1. The minimum Gasteiger partial charge on any atom is -0.310 e. The van der Waals surface area contributed by atoms with Crippen LogP contribution in [0.3, 0.4) is 0 Å². The summed E-state index contributed by atoms with van der Waals surface area (Å²) in [6.45, 7) is 2.23. The Morgan fingerprint density at radius 3 is 2.48 bits per heavy atom. The fourth-order valence-corrected chi connectivity index (χ4v) is 3.51. The number of hydrogen-bond donors (Lipinski definition) is 1. The molecule has 156 valence electrons. The molecule has 0 amide bonds. The molecule has 0 bridgehead atoms. The molecule has 0 unspecified atom stereocenters. The third kappa shape index (κ3) is 6.44. The molecule has 0 aliphatic heterocycles. The maximum atomic E-state index is 13.7. The summed E-state index contributed by atoms with van der Waals surface area (Å²) < 4.78 is 41.0. The number of benzene rings is 2. The second-order valence-electron chi connectivity index (χ2n) is 7.21. The van der Waals surface area contributed by atoms with Gasteiger partial charge in [0.25, 0.3) is 0 Å². The van der Waals surface area contributed by atoms with Crippen LogP contribution in [-0.2, 0) is 19.1 Å². The van der Waals surface area contributed by atoms with Crippen molar-refractivity contribution in [3.05, 3.63) is 77.6 Å². The minimum atomic E-state index is -4.39. The number of hydrogen-bond acceptors (Lipinski definition) is 2. The zero-order chi connectivity index (χ0) is 20.0. The van der Waals surface area contributed by atoms with Gasteiger partial charge in [0, 0.05) is 30.4 Å². The van der Waals surface area contributed by atoms with Crippen molar-refractivity contribution >= 4 is 23.2 Å². The Kier molecular flexibility index (Phi) is 8.47. The Balaban J connectivity index is 0.00000300. The molecule has 29 heavy (non-hydrogen) atoms. The molecule has 0 saturated heterocycles. The third-order valence-corrected chi connectivity index (χ3v) is 5.03. The number of aryl methyl sites for hydroxylation is 1. The van der Waals surface area contributed by atoms with Crippen molar-refractivity contribution in [1.82, 2.24) is 10.3 Å². The van der Waals surface area contributed by atoms with Crippen LogP contribution < -0.4 is 5.32 Å². The number of aromatic nitrogens is 1. The van der Waals surface area contributed by atoms with Gasteiger partial charge in [0.05, 0.1) is 5.56 Å². The minimum absolute atomic E-state index is 0. The van der Waals surface area contributed by atoms with E-state index in [4.69, 9.17) is 0 Å². The molecule has 1 atom stereocenters. The van der Waals surface area contributed by atoms with Crippen LogP contribution in [-0.4, -0.2) is 11.0 Å². The number of alkyl halides is 3. The molecule has 0 saturated carbocycles. The first-order valence-electron chi connectivity index (χ1n) is 9.65. The van der Waals surface area contributed by atoms with Crippen molar-refractivity contribution in [3.8, 4) is 0 Å². The van der Waals surface area contributed by atoms with Crippen molar-refractivity contribution in [3.63, 3.8) is 0 Å². The fourth-order valence-electron chi connectivity index (χ4n) is 3.51. The summed E-state index contributed by atoms with van der Waals surface area (Å²) in [5.41, 5.74) is 1.04. The highest BCUT2D eigenvalue weighted by Gasteiger charge is 2.35. The average Bonchev–Trinajstić information content (AvgIpc) is 2.69. The van der Waals surface area contributed by atoms with E-state index in [1.54, 1.807) is 12.1 Å². The maximum Gasteiger partial charge on any atom is 0.417 e. The van der Waals surface area contributed by atoms with Gasteiger partial charge in [-0.2, -0.15) is 13.2 Å². The summed E-state index contributed by atoms with van der Waals surface area (Å²) in [4.78, 5) is 3.92. The Hall–Kier alpha value is -2.11. The summed E-state index contributed by atoms with van der Waals surface area (Å²) in [6, 6.07) is 15.2. The largest absolute Gasteiger partial charge is 0.417 e. The smallest absolute Gasteiger partial charge is 0.310 e. The van der Waals surface area contributed by atoms with Gasteiger partial charge in [-0.05, 0) is 48.8 Å². The Labute approximate surface area is 176 Å². The lowest BCUT2D eigenvalue weighted by atomic mass is 9.99. The molecular formula is C23H26ClF3N2. The van der Waals surface area contributed by atoms with Crippen molar-refractivity contribution in [2.45, 2.75) is 51.4 Å². The molecule has 1 aromatic heterocycles. The first-order valence-corrected chi connectivity index (χ1v) is 9.65. The third-order valence-electron chi connectivity index (χ3n) is 5.03. The normalized spacial score (nSPS) is 12.6. The summed E-state index contributed by atoms with van der Waals surface area (Å²) in [7, 11) is 0. The standard InChI is InChI=1S/C23H25F3N2.ClH/c1-17(7-5-6-10-18-8-3-2-4-9-18)28-16-20-12-11-19-15-27-14-13-21(19)22(20)23(24,25)26;/h2-4,8-9,11-15,17,28H,5-7,10,16H2,1H3;1H/t17-;/m1./s1. The lowest BCUT2D eigenvalue weighted by Crippen LogP contribution is -2.26. The maximum absolute atomic E-state index is 13.7. The topological polar surface area (TPSA) is 24.9 Å². The molecule has 0 aliphatic carbocycles. The fraction of sp³-hybridized carbons (Fsp3) is 0.348. The van der Waals surface area contributed by atoms with Gasteiger partial charge in [-0.25, -0.2) is 0 Å². The number of nitrogens with one attached hydrogen (secondary N) is 1. The van der Waals surface area contributed by atoms with Crippen LogP contribution in [0.4, 0.5) is 13.2 Å². The molecule has 0 aliphatic rings. The van der Waals surface area contributed by atoms with Gasteiger partial charge in [-0.3, -0.25) is 4.98 Å². The monoisotopic (exact) mass is 422 g/mol. The molecule has 2 aromatic carbocycles. The number of halogens is 4. The Morgan fingerprint density at radius 2 is 1.76 bits per heavy atom. The number of unbranched alkanes of at least 4 members (excludes halogenated alkanes) is 1. The predicted octanol–water partition coefficient (Wildman–Crippen LogP) is 6.57. The molecule has 2 nitrogen and oxygen atoms in total. The molecule has 0 radical (unpaired) electrons. The van der Waals surface area contributed by atoms with E-state index in [1.807, 2.05) is 25.1 Å². The van der Waals surface area contributed by atoms with Crippen LogP contribution in [0.15, 0.2) is 60.9 Å². The average molecular weight is 423 g/mol. The van der Waals surface area contributed by atoms with Gasteiger partial charge in [-0.1, -0.05) is 48.9 Å². The van der Waals surface area contributed by atoms with E-state index < -0.39 is 11.7 Å². The second kappa shape index (κ2) is 10.6. The van der Waals surface area contributed by atoms with E-state index in [1.165, 1.54) is 24.0 Å². The van der Waals surface area contributed by atoms with Gasteiger partial charge < -0.3 is 5.32 Å². The molecular weight excluding hydrogens is 397 g/mol. The summed E-state index contributed by atoms with van der Waals surface area (Å²) in [6.07, 6.45) is 2.57. The van der Waals surface area contributed by atoms with Crippen LogP contribution in [0.5, 0.6) is 0 Å². The van der Waals surface area contributed by atoms with Crippen LogP contribution in [0.1, 0.15) is 42.9 Å². The highest BCUT2D eigenvalue weighted by atomic mass is 35.5. The molecule has 3 rings (SSSR count). The molecule has 1 heterocycles. The highest BCUT2D eigenvalue weighted by Crippen LogP contribution is 2.37. The first-order chi connectivity index (χ1) is 13.4. The first kappa shape index (κ1) is 23.2. The molecule has 0 spiro atoms. The molecule has 0 fully saturated rings. The predicted molar refractivity (Wildman–Crippen MR) is 114 cm³/mol. The van der Waals surface area contributed by atoms with Gasteiger partial charge in [-0.15, -0.1) is 12.4 Å². The van der Waals surface area contributed by atoms with E-state index in [2.05, 4.69) is 22.4 Å². The van der Waals surface area contributed by atoms with Crippen LogP contribution in [0.2, 0.25) is 0 Å². The van der Waals surface area contributed by atoms with Crippen LogP contribution >= 0.6 is 12.4 Å². The lowest BCUT2D eigenvalue weighted by Gasteiger charge is -2.19. The van der Waals surface area contributed by atoms with E-state index in [9.17, 15) is 13.2 Å². The number of pyridine rings is 1. The quantitative estimate of drug-likeness (QED) is 0.415. The highest BCUT2D eigenvalue weighted by molar-refractivity contribution is 5.86. The van der Waals surface area contributed by atoms with Gasteiger partial charge in [0.15, 0.2) is 0 Å². The van der Waals surface area contributed by atoms with Crippen molar-refractivity contribution in [2.75, 3.05) is 0 Å². The summed E-state index contributed by atoms with van der Waals surface area (Å²) in [5.74, 6) is 0. The van der Waals surface area contributed by atoms with Crippen LogP contribution in [0.25, 0.3) is 10.8 Å². The van der Waals surface area contributed by atoms with E-state index >= 15 is 0 Å². The van der Waals surface area contributed by atoms with Crippen molar-refractivity contribution in [1.29, 1.82) is 0 Å². The molecule has 6 heteroatoms. The van der Waals surface area contributed by atoms with Crippen LogP contribution in [0, 0.1) is 0 Å². The SMILES string of the molecule is C[C@H](CCCCc1ccccc1)NCc1ccc2cnccc2c1C(F)(F)F.Cl. The van der Waals surface area contributed by atoms with Crippen molar-refractivity contribution in [2.24, 2.45) is 0 Å².